The summed E-state index contributed by atoms with van der Waals surface area (Å²) in [5.74, 6) is 0.0566. The van der Waals surface area contributed by atoms with Crippen LogP contribution in [0, 0.1) is 6.92 Å². The molecule has 5 nitrogen and oxygen atoms in total. The first-order valence-corrected chi connectivity index (χ1v) is 11.7. The third kappa shape index (κ3) is 4.02. The lowest BCUT2D eigenvalue weighted by Gasteiger charge is -2.19. The number of nitrogens with zero attached hydrogens (tertiary/aromatic N) is 2. The number of phenols is 1. The van der Waals surface area contributed by atoms with Gasteiger partial charge in [-0.15, -0.1) is 11.8 Å². The van der Waals surface area contributed by atoms with Crippen LogP contribution in [0.2, 0.25) is 0 Å². The maximum atomic E-state index is 12.2. The molecule has 5 rings (SSSR count). The minimum absolute atomic E-state index is 0.0566. The van der Waals surface area contributed by atoms with Crippen molar-refractivity contribution in [2.24, 2.45) is 4.99 Å². The summed E-state index contributed by atoms with van der Waals surface area (Å²) in [5.41, 5.74) is 5.09. The number of hydrogen-bond donors (Lipinski definition) is 1. The van der Waals surface area contributed by atoms with Gasteiger partial charge in [0.2, 0.25) is 0 Å². The smallest absolute Gasteiger partial charge is 0.336 e. The highest BCUT2D eigenvalue weighted by atomic mass is 32.2. The number of aryl methyl sites for hydroxylation is 1. The molecule has 166 valence electrons. The first-order chi connectivity index (χ1) is 15.9. The van der Waals surface area contributed by atoms with Crippen molar-refractivity contribution in [1.29, 1.82) is 0 Å². The molecule has 0 spiro atoms. The van der Waals surface area contributed by atoms with Crippen LogP contribution in [0.1, 0.15) is 28.4 Å². The predicted octanol–water partition coefficient (Wildman–Crippen LogP) is 6.23. The predicted molar refractivity (Wildman–Crippen MR) is 136 cm³/mol. The second-order valence-corrected chi connectivity index (χ2v) is 9.65. The molecule has 4 aromatic rings. The molecule has 1 N–H and O–H groups in total. The van der Waals surface area contributed by atoms with Crippen molar-refractivity contribution in [3.8, 4) is 5.75 Å². The van der Waals surface area contributed by atoms with E-state index in [4.69, 9.17) is 9.41 Å². The van der Waals surface area contributed by atoms with Gasteiger partial charge in [0.25, 0.3) is 0 Å². The fourth-order valence-corrected chi connectivity index (χ4v) is 5.43. The van der Waals surface area contributed by atoms with Crippen LogP contribution in [0.25, 0.3) is 11.0 Å². The molecular formula is C27H24N2O3S. The van der Waals surface area contributed by atoms with Gasteiger partial charge in [-0.2, -0.15) is 0 Å². The van der Waals surface area contributed by atoms with Gasteiger partial charge in [0.15, 0.2) is 5.58 Å². The number of benzene rings is 3. The summed E-state index contributed by atoms with van der Waals surface area (Å²) in [5, 5.41) is 11.8. The molecule has 1 aromatic heterocycles. The van der Waals surface area contributed by atoms with Gasteiger partial charge in [-0.25, -0.2) is 4.79 Å². The van der Waals surface area contributed by atoms with E-state index in [-0.39, 0.29) is 11.0 Å². The molecule has 6 heteroatoms. The second-order valence-electron chi connectivity index (χ2n) is 8.41. The van der Waals surface area contributed by atoms with Crippen molar-refractivity contribution in [3.63, 3.8) is 0 Å². The van der Waals surface area contributed by atoms with E-state index in [2.05, 4.69) is 35.2 Å². The molecule has 1 atom stereocenters. The summed E-state index contributed by atoms with van der Waals surface area (Å²) < 4.78 is 5.61. The summed E-state index contributed by atoms with van der Waals surface area (Å²) in [7, 11) is 4.05. The summed E-state index contributed by atoms with van der Waals surface area (Å²) >= 11 is 1.76. The molecule has 3 aromatic carbocycles. The number of aliphatic imine (C=N–C) groups is 1. The number of aromatic hydroxyl groups is 1. The zero-order valence-corrected chi connectivity index (χ0v) is 19.5. The summed E-state index contributed by atoms with van der Waals surface area (Å²) in [6.07, 6.45) is 0.574. The highest BCUT2D eigenvalue weighted by Gasteiger charge is 2.26. The lowest BCUT2D eigenvalue weighted by molar-refractivity contribution is 0.471. The Balaban J connectivity index is 1.69. The molecule has 1 aliphatic rings. The average molecular weight is 457 g/mol. The van der Waals surface area contributed by atoms with E-state index >= 15 is 0 Å². The lowest BCUT2D eigenvalue weighted by atomic mass is 9.97. The van der Waals surface area contributed by atoms with Crippen LogP contribution >= 0.6 is 11.8 Å². The quantitative estimate of drug-likeness (QED) is 0.370. The maximum Gasteiger partial charge on any atom is 0.336 e. The summed E-state index contributed by atoms with van der Waals surface area (Å²) in [4.78, 5) is 20.3. The minimum atomic E-state index is -0.438. The lowest BCUT2D eigenvalue weighted by Crippen LogP contribution is -2.10. The number of anilines is 1. The Morgan fingerprint density at radius 3 is 2.58 bits per heavy atom. The van der Waals surface area contributed by atoms with Gasteiger partial charge in [0, 0.05) is 47.8 Å². The molecule has 33 heavy (non-hydrogen) atoms. The van der Waals surface area contributed by atoms with Gasteiger partial charge in [-0.3, -0.25) is 4.99 Å². The average Bonchev–Trinajstić information content (AvgIpc) is 2.98. The molecule has 1 aliphatic heterocycles. The Hall–Kier alpha value is -3.51. The van der Waals surface area contributed by atoms with E-state index in [1.54, 1.807) is 23.9 Å². The Labute approximate surface area is 196 Å². The van der Waals surface area contributed by atoms with Crippen LogP contribution in [0.3, 0.4) is 0 Å². The molecule has 0 saturated heterocycles. The van der Waals surface area contributed by atoms with E-state index in [0.717, 1.165) is 27.2 Å². The van der Waals surface area contributed by atoms with Crippen molar-refractivity contribution in [2.75, 3.05) is 19.0 Å². The largest absolute Gasteiger partial charge is 0.507 e. The molecule has 0 bridgehead atoms. The van der Waals surface area contributed by atoms with Crippen LogP contribution < -0.4 is 10.5 Å². The van der Waals surface area contributed by atoms with E-state index < -0.39 is 5.63 Å². The van der Waals surface area contributed by atoms with Gasteiger partial charge in [0.05, 0.1) is 17.0 Å². The van der Waals surface area contributed by atoms with E-state index in [0.29, 0.717) is 23.3 Å². The Bertz CT molecular complexity index is 1440. The second kappa shape index (κ2) is 8.45. The highest BCUT2D eigenvalue weighted by Crippen LogP contribution is 2.47. The molecule has 0 radical (unpaired) electrons. The molecule has 2 heterocycles. The van der Waals surface area contributed by atoms with Crippen molar-refractivity contribution >= 4 is 39.8 Å². The molecular weight excluding hydrogens is 432 g/mol. The minimum Gasteiger partial charge on any atom is -0.507 e. The molecule has 0 unspecified atom stereocenters. The van der Waals surface area contributed by atoms with Crippen LogP contribution in [0.15, 0.2) is 85.8 Å². The Morgan fingerprint density at radius 1 is 1.06 bits per heavy atom. The first-order valence-electron chi connectivity index (χ1n) is 10.8. The van der Waals surface area contributed by atoms with E-state index in [1.165, 1.54) is 11.6 Å². The number of rotatable bonds is 3. The van der Waals surface area contributed by atoms with Crippen LogP contribution in [0.4, 0.5) is 11.4 Å². The summed E-state index contributed by atoms with van der Waals surface area (Å²) in [6, 6.07) is 21.4. The topological polar surface area (TPSA) is 66.0 Å². The highest BCUT2D eigenvalue weighted by molar-refractivity contribution is 7.99. The standard InChI is InChI=1S/C27H24N2O3S/c1-16-14-25(31)32-27-19(16)12-13-22(30)26(27)21-15-24(17-8-10-18(11-9-17)29(2)3)33-23-7-5-4-6-20(23)28-21/h4-14,24,30H,15H2,1-3H3/t24-/m0/s1. The number of phenolic OH excluding ortho intramolecular Hbond substituents is 1. The monoisotopic (exact) mass is 456 g/mol. The fraction of sp³-hybridized carbons (Fsp3) is 0.185. The Kier molecular flexibility index (Phi) is 5.46. The molecule has 0 amide bonds. The van der Waals surface area contributed by atoms with Crippen molar-refractivity contribution < 1.29 is 9.52 Å². The third-order valence-corrected chi connectivity index (χ3v) is 7.26. The van der Waals surface area contributed by atoms with Crippen molar-refractivity contribution in [2.45, 2.75) is 23.5 Å². The third-order valence-electron chi connectivity index (χ3n) is 5.94. The normalized spacial score (nSPS) is 15.6. The van der Waals surface area contributed by atoms with E-state index in [1.807, 2.05) is 39.2 Å². The van der Waals surface area contributed by atoms with Gasteiger partial charge in [0.1, 0.15) is 5.75 Å². The first kappa shape index (κ1) is 21.3. The summed E-state index contributed by atoms with van der Waals surface area (Å²) in [6.45, 7) is 1.87. The van der Waals surface area contributed by atoms with Gasteiger partial charge >= 0.3 is 5.63 Å². The zero-order chi connectivity index (χ0) is 23.1. The van der Waals surface area contributed by atoms with Crippen LogP contribution in [-0.2, 0) is 0 Å². The number of fused-ring (bicyclic) bond motifs is 2. The SMILES string of the molecule is Cc1cc(=O)oc2c(C3=Nc4ccccc4S[C@H](c4ccc(N(C)C)cc4)C3)c(O)ccc12. The van der Waals surface area contributed by atoms with Crippen LogP contribution in [0.5, 0.6) is 5.75 Å². The van der Waals surface area contributed by atoms with Gasteiger partial charge in [-0.05, 0) is 54.4 Å². The van der Waals surface area contributed by atoms with Gasteiger partial charge < -0.3 is 14.4 Å². The van der Waals surface area contributed by atoms with Crippen LogP contribution in [-0.4, -0.2) is 24.9 Å². The zero-order valence-electron chi connectivity index (χ0n) is 18.7. The molecule has 0 saturated carbocycles. The molecule has 0 fully saturated rings. The van der Waals surface area contributed by atoms with E-state index in [9.17, 15) is 9.90 Å². The fourth-order valence-electron chi connectivity index (χ4n) is 4.19. The number of hydrogen-bond acceptors (Lipinski definition) is 6. The Morgan fingerprint density at radius 2 is 1.82 bits per heavy atom. The number of para-hydroxylation sites is 1. The van der Waals surface area contributed by atoms with Crippen molar-refractivity contribution in [1.82, 2.24) is 0 Å². The van der Waals surface area contributed by atoms with Gasteiger partial charge in [-0.1, -0.05) is 24.3 Å². The van der Waals surface area contributed by atoms with Crippen molar-refractivity contribution in [3.05, 3.63) is 93.8 Å². The molecule has 0 aliphatic carbocycles. The maximum absolute atomic E-state index is 12.2. The number of thioether (sulfide) groups is 1.